The van der Waals surface area contributed by atoms with Gasteiger partial charge in [-0.05, 0) is 55.5 Å². The van der Waals surface area contributed by atoms with Crippen LogP contribution in [0.5, 0.6) is 5.75 Å². The Morgan fingerprint density at radius 3 is 2.49 bits per heavy atom. The van der Waals surface area contributed by atoms with E-state index in [1.165, 1.54) is 17.7 Å². The van der Waals surface area contributed by atoms with Crippen LogP contribution in [0.2, 0.25) is 0 Å². The van der Waals surface area contributed by atoms with E-state index in [1.54, 1.807) is 83.8 Å². The Bertz CT molecular complexity index is 1390. The Kier molecular flexibility index (Phi) is 7.11. The number of carbonyl (C=O) groups is 1. The molecule has 3 aromatic carbocycles. The van der Waals surface area contributed by atoms with Gasteiger partial charge in [0.15, 0.2) is 0 Å². The zero-order valence-electron chi connectivity index (χ0n) is 19.3. The molecule has 4 rings (SSSR count). The molecule has 1 amide bonds. The van der Waals surface area contributed by atoms with Gasteiger partial charge in [-0.3, -0.25) is 9.10 Å². The second-order valence-corrected chi connectivity index (χ2v) is 9.79. The highest BCUT2D eigenvalue weighted by molar-refractivity contribution is 7.92. The fourth-order valence-electron chi connectivity index (χ4n) is 3.30. The lowest BCUT2D eigenvalue weighted by molar-refractivity contribution is 0.102. The molecule has 0 spiro atoms. The molecule has 35 heavy (non-hydrogen) atoms. The molecule has 0 saturated heterocycles. The SMILES string of the molecule is Cc1ccc(S(=O)(=O)N(C)c2ccc(C(=O)Nc3cccc(OCCn4cncn4)c3)cc2)cc1. The molecule has 9 nitrogen and oxygen atoms in total. The first-order valence-corrected chi connectivity index (χ1v) is 12.3. The van der Waals surface area contributed by atoms with Crippen LogP contribution in [0.1, 0.15) is 15.9 Å². The fourth-order valence-corrected chi connectivity index (χ4v) is 4.50. The number of sulfonamides is 1. The summed E-state index contributed by atoms with van der Waals surface area (Å²) in [5.74, 6) is 0.293. The number of aryl methyl sites for hydroxylation is 1. The van der Waals surface area contributed by atoms with Crippen LogP contribution in [0.3, 0.4) is 0 Å². The summed E-state index contributed by atoms with van der Waals surface area (Å²) >= 11 is 0. The van der Waals surface area contributed by atoms with Gasteiger partial charge in [0.2, 0.25) is 0 Å². The Morgan fingerprint density at radius 2 is 1.80 bits per heavy atom. The first-order valence-electron chi connectivity index (χ1n) is 10.9. The summed E-state index contributed by atoms with van der Waals surface area (Å²) in [5.41, 5.74) is 2.40. The predicted molar refractivity (Wildman–Crippen MR) is 133 cm³/mol. The third kappa shape index (κ3) is 5.85. The minimum Gasteiger partial charge on any atom is -0.492 e. The van der Waals surface area contributed by atoms with E-state index in [9.17, 15) is 13.2 Å². The molecule has 0 unspecified atom stereocenters. The topological polar surface area (TPSA) is 106 Å². The molecule has 0 aliphatic heterocycles. The van der Waals surface area contributed by atoms with Gasteiger partial charge in [0, 0.05) is 24.4 Å². The number of nitrogens with zero attached hydrogens (tertiary/aromatic N) is 4. The molecule has 0 aliphatic rings. The molecule has 1 N–H and O–H groups in total. The van der Waals surface area contributed by atoms with Gasteiger partial charge in [0.05, 0.1) is 17.1 Å². The van der Waals surface area contributed by atoms with Crippen molar-refractivity contribution in [2.24, 2.45) is 0 Å². The van der Waals surface area contributed by atoms with Gasteiger partial charge in [0.1, 0.15) is 25.0 Å². The summed E-state index contributed by atoms with van der Waals surface area (Å²) in [6.07, 6.45) is 3.07. The number of hydrogen-bond acceptors (Lipinski definition) is 6. The predicted octanol–water partition coefficient (Wildman–Crippen LogP) is 3.74. The highest BCUT2D eigenvalue weighted by Crippen LogP contribution is 2.23. The summed E-state index contributed by atoms with van der Waals surface area (Å²) in [4.78, 5) is 16.8. The van der Waals surface area contributed by atoms with Gasteiger partial charge in [-0.15, -0.1) is 0 Å². The lowest BCUT2D eigenvalue weighted by Crippen LogP contribution is -2.26. The highest BCUT2D eigenvalue weighted by atomic mass is 32.2. The van der Waals surface area contributed by atoms with Gasteiger partial charge in [-0.25, -0.2) is 18.1 Å². The maximum atomic E-state index is 12.9. The number of rotatable bonds is 9. The van der Waals surface area contributed by atoms with Crippen molar-refractivity contribution >= 4 is 27.3 Å². The van der Waals surface area contributed by atoms with Crippen molar-refractivity contribution < 1.29 is 17.9 Å². The molecular weight excluding hydrogens is 466 g/mol. The molecular formula is C25H25N5O4S. The Hall–Kier alpha value is -4.18. The van der Waals surface area contributed by atoms with Gasteiger partial charge in [0.25, 0.3) is 15.9 Å². The smallest absolute Gasteiger partial charge is 0.264 e. The number of amides is 1. The number of nitrogens with one attached hydrogen (secondary N) is 1. The summed E-state index contributed by atoms with van der Waals surface area (Å²) in [5, 5.41) is 6.85. The van der Waals surface area contributed by atoms with E-state index in [4.69, 9.17) is 4.74 Å². The zero-order chi connectivity index (χ0) is 24.8. The summed E-state index contributed by atoms with van der Waals surface area (Å²) in [7, 11) is -2.22. The Labute approximate surface area is 204 Å². The number of benzene rings is 3. The van der Waals surface area contributed by atoms with E-state index in [1.807, 2.05) is 6.92 Å². The zero-order valence-corrected chi connectivity index (χ0v) is 20.1. The van der Waals surface area contributed by atoms with Crippen LogP contribution in [0.4, 0.5) is 11.4 Å². The monoisotopic (exact) mass is 491 g/mol. The third-order valence-electron chi connectivity index (χ3n) is 5.32. The van der Waals surface area contributed by atoms with Crippen molar-refractivity contribution in [1.82, 2.24) is 14.8 Å². The number of carbonyl (C=O) groups excluding carboxylic acids is 1. The minimum atomic E-state index is -3.71. The normalized spacial score (nSPS) is 11.1. The maximum absolute atomic E-state index is 12.9. The quantitative estimate of drug-likeness (QED) is 0.382. The lowest BCUT2D eigenvalue weighted by atomic mass is 10.2. The van der Waals surface area contributed by atoms with Crippen LogP contribution in [0.15, 0.2) is 90.3 Å². The van der Waals surface area contributed by atoms with Crippen LogP contribution in [0, 0.1) is 6.92 Å². The van der Waals surface area contributed by atoms with Crippen LogP contribution < -0.4 is 14.4 Å². The molecule has 0 saturated carbocycles. The Morgan fingerprint density at radius 1 is 1.06 bits per heavy atom. The first kappa shape index (κ1) is 24.0. The van der Waals surface area contributed by atoms with Crippen LogP contribution in [0.25, 0.3) is 0 Å². The van der Waals surface area contributed by atoms with Gasteiger partial charge >= 0.3 is 0 Å². The van der Waals surface area contributed by atoms with E-state index in [-0.39, 0.29) is 10.8 Å². The molecule has 10 heteroatoms. The van der Waals surface area contributed by atoms with Crippen LogP contribution in [-0.2, 0) is 16.6 Å². The van der Waals surface area contributed by atoms with Crippen molar-refractivity contribution in [2.45, 2.75) is 18.4 Å². The average Bonchev–Trinajstić information content (AvgIpc) is 3.38. The fraction of sp³-hybridized carbons (Fsp3) is 0.160. The van der Waals surface area contributed by atoms with E-state index in [0.29, 0.717) is 35.8 Å². The molecule has 0 bridgehead atoms. The van der Waals surface area contributed by atoms with E-state index < -0.39 is 10.0 Å². The number of hydrogen-bond donors (Lipinski definition) is 1. The van der Waals surface area contributed by atoms with Gasteiger partial charge in [-0.2, -0.15) is 5.10 Å². The minimum absolute atomic E-state index is 0.204. The molecule has 0 fully saturated rings. The van der Waals surface area contributed by atoms with Gasteiger partial charge in [-0.1, -0.05) is 23.8 Å². The summed E-state index contributed by atoms with van der Waals surface area (Å²) < 4.78 is 34.4. The van der Waals surface area contributed by atoms with Crippen molar-refractivity contribution in [1.29, 1.82) is 0 Å². The van der Waals surface area contributed by atoms with Crippen molar-refractivity contribution in [3.63, 3.8) is 0 Å². The molecule has 4 aromatic rings. The molecule has 180 valence electrons. The number of aromatic nitrogens is 3. The molecule has 0 atom stereocenters. The maximum Gasteiger partial charge on any atom is 0.264 e. The standard InChI is InChI=1S/C25H25N5O4S/c1-19-6-12-24(13-7-19)35(32,33)29(2)22-10-8-20(9-11-22)25(31)28-21-4-3-5-23(16-21)34-15-14-30-18-26-17-27-30/h3-13,16-18H,14-15H2,1-2H3,(H,28,31). The second-order valence-electron chi connectivity index (χ2n) is 7.82. The highest BCUT2D eigenvalue weighted by Gasteiger charge is 2.21. The second kappa shape index (κ2) is 10.4. The molecule has 1 aromatic heterocycles. The van der Waals surface area contributed by atoms with E-state index >= 15 is 0 Å². The van der Waals surface area contributed by atoms with Crippen molar-refractivity contribution in [2.75, 3.05) is 23.3 Å². The van der Waals surface area contributed by atoms with Gasteiger partial charge < -0.3 is 10.1 Å². The third-order valence-corrected chi connectivity index (χ3v) is 7.12. The van der Waals surface area contributed by atoms with E-state index in [0.717, 1.165) is 5.56 Å². The number of ether oxygens (including phenoxy) is 1. The Balaban J connectivity index is 1.38. The number of anilines is 2. The van der Waals surface area contributed by atoms with Crippen LogP contribution in [-0.4, -0.2) is 42.7 Å². The van der Waals surface area contributed by atoms with Crippen molar-refractivity contribution in [3.8, 4) is 5.75 Å². The van der Waals surface area contributed by atoms with Crippen LogP contribution >= 0.6 is 0 Å². The molecule has 0 radical (unpaired) electrons. The summed E-state index contributed by atoms with van der Waals surface area (Å²) in [6.45, 7) is 2.85. The lowest BCUT2D eigenvalue weighted by Gasteiger charge is -2.20. The summed E-state index contributed by atoms with van der Waals surface area (Å²) in [6, 6.07) is 20.1. The van der Waals surface area contributed by atoms with Crippen molar-refractivity contribution in [3.05, 3.63) is 96.6 Å². The average molecular weight is 492 g/mol. The first-order chi connectivity index (χ1) is 16.8. The molecule has 0 aliphatic carbocycles. The van der Waals surface area contributed by atoms with E-state index in [2.05, 4.69) is 15.4 Å². The molecule has 1 heterocycles. The largest absolute Gasteiger partial charge is 0.492 e.